The summed E-state index contributed by atoms with van der Waals surface area (Å²) in [5.74, 6) is -1.54. The predicted molar refractivity (Wildman–Crippen MR) is 58.5 cm³/mol. The van der Waals surface area contributed by atoms with E-state index >= 15 is 0 Å². The van der Waals surface area contributed by atoms with Crippen LogP contribution >= 0.6 is 0 Å². The lowest BCUT2D eigenvalue weighted by molar-refractivity contribution is -0.160. The molecule has 0 aromatic heterocycles. The van der Waals surface area contributed by atoms with E-state index in [0.29, 0.717) is 12.1 Å². The Morgan fingerprint density at radius 1 is 1.00 bits per heavy atom. The first-order chi connectivity index (χ1) is 8.78. The molecule has 20 heavy (non-hydrogen) atoms. The Bertz CT molecular complexity index is 488. The SMILES string of the molecule is CC(C)(c1ccc(F)c(C(F)(F)F)c1)C(N)C(F)(F)F. The van der Waals surface area contributed by atoms with Crippen LogP contribution in [0.1, 0.15) is 25.0 Å². The van der Waals surface area contributed by atoms with Gasteiger partial charge in [0.1, 0.15) is 11.9 Å². The van der Waals surface area contributed by atoms with Crippen molar-refractivity contribution in [2.45, 2.75) is 37.7 Å². The van der Waals surface area contributed by atoms with Gasteiger partial charge in [-0.15, -0.1) is 0 Å². The molecule has 1 aromatic rings. The fraction of sp³-hybridized carbons (Fsp3) is 0.500. The minimum Gasteiger partial charge on any atom is -0.319 e. The molecule has 1 nitrogen and oxygen atoms in total. The molecule has 0 saturated carbocycles. The lowest BCUT2D eigenvalue weighted by Gasteiger charge is -2.33. The number of rotatable bonds is 2. The highest BCUT2D eigenvalue weighted by Gasteiger charge is 2.48. The van der Waals surface area contributed by atoms with Gasteiger partial charge in [0, 0.05) is 5.41 Å². The highest BCUT2D eigenvalue weighted by Crippen LogP contribution is 2.38. The normalized spacial score (nSPS) is 15.3. The summed E-state index contributed by atoms with van der Waals surface area (Å²) in [6.45, 7) is 2.11. The van der Waals surface area contributed by atoms with Crippen LogP contribution in [-0.4, -0.2) is 12.2 Å². The summed E-state index contributed by atoms with van der Waals surface area (Å²) in [5, 5.41) is 0. The lowest BCUT2D eigenvalue weighted by Crippen LogP contribution is -2.51. The summed E-state index contributed by atoms with van der Waals surface area (Å²) >= 11 is 0. The van der Waals surface area contributed by atoms with E-state index in [1.807, 2.05) is 0 Å². The Labute approximate surface area is 110 Å². The molecule has 0 saturated heterocycles. The molecule has 0 amide bonds. The van der Waals surface area contributed by atoms with Gasteiger partial charge in [-0.05, 0) is 17.7 Å². The molecule has 1 unspecified atom stereocenters. The van der Waals surface area contributed by atoms with Gasteiger partial charge in [0.05, 0.1) is 5.56 Å². The molecule has 8 heteroatoms. The number of halogens is 7. The van der Waals surface area contributed by atoms with Crippen LogP contribution in [0.2, 0.25) is 0 Å². The number of nitrogens with two attached hydrogens (primary N) is 1. The lowest BCUT2D eigenvalue weighted by atomic mass is 9.77. The van der Waals surface area contributed by atoms with Crippen LogP contribution in [0.4, 0.5) is 30.7 Å². The van der Waals surface area contributed by atoms with Crippen molar-refractivity contribution in [3.63, 3.8) is 0 Å². The maximum absolute atomic E-state index is 13.1. The second-order valence-electron chi connectivity index (χ2n) is 4.93. The van der Waals surface area contributed by atoms with E-state index in [1.165, 1.54) is 0 Å². The van der Waals surface area contributed by atoms with Crippen molar-refractivity contribution in [1.29, 1.82) is 0 Å². The second kappa shape index (κ2) is 4.91. The first-order valence-corrected chi connectivity index (χ1v) is 5.47. The molecule has 0 heterocycles. The van der Waals surface area contributed by atoms with Crippen molar-refractivity contribution in [2.24, 2.45) is 5.73 Å². The summed E-state index contributed by atoms with van der Waals surface area (Å²) in [7, 11) is 0. The molecule has 0 aliphatic rings. The summed E-state index contributed by atoms with van der Waals surface area (Å²) in [6, 6.07) is -0.651. The van der Waals surface area contributed by atoms with E-state index in [2.05, 4.69) is 0 Å². The van der Waals surface area contributed by atoms with Gasteiger partial charge in [-0.3, -0.25) is 0 Å². The average Bonchev–Trinajstić information content (AvgIpc) is 2.25. The highest BCUT2D eigenvalue weighted by atomic mass is 19.4. The third-order valence-corrected chi connectivity index (χ3v) is 3.15. The summed E-state index contributed by atoms with van der Waals surface area (Å²) in [6.07, 6.45) is -9.77. The third-order valence-electron chi connectivity index (χ3n) is 3.15. The Kier molecular flexibility index (Phi) is 4.11. The van der Waals surface area contributed by atoms with Crippen molar-refractivity contribution >= 4 is 0 Å². The Balaban J connectivity index is 3.34. The standard InChI is InChI=1S/C12H12F7N/c1-10(2,9(20)12(17,18)19)6-3-4-8(13)7(5-6)11(14,15)16/h3-5,9H,20H2,1-2H3. The van der Waals surface area contributed by atoms with Crippen LogP contribution in [0.25, 0.3) is 0 Å². The first kappa shape index (κ1) is 16.7. The molecule has 0 bridgehead atoms. The zero-order chi connectivity index (χ0) is 15.9. The van der Waals surface area contributed by atoms with Crippen LogP contribution in [0.5, 0.6) is 0 Å². The van der Waals surface area contributed by atoms with Crippen molar-refractivity contribution in [2.75, 3.05) is 0 Å². The molecular weight excluding hydrogens is 291 g/mol. The van der Waals surface area contributed by atoms with E-state index in [1.54, 1.807) is 0 Å². The van der Waals surface area contributed by atoms with Crippen molar-refractivity contribution < 1.29 is 30.7 Å². The minimum atomic E-state index is -4.99. The molecule has 114 valence electrons. The molecule has 1 aromatic carbocycles. The van der Waals surface area contributed by atoms with E-state index in [9.17, 15) is 30.7 Å². The monoisotopic (exact) mass is 303 g/mol. The molecule has 0 aliphatic carbocycles. The number of alkyl halides is 6. The van der Waals surface area contributed by atoms with Crippen LogP contribution in [-0.2, 0) is 11.6 Å². The van der Waals surface area contributed by atoms with Gasteiger partial charge in [-0.2, -0.15) is 26.3 Å². The minimum absolute atomic E-state index is 0.337. The molecule has 0 radical (unpaired) electrons. The van der Waals surface area contributed by atoms with Crippen LogP contribution < -0.4 is 5.73 Å². The predicted octanol–water partition coefficient (Wildman–Crippen LogP) is 4.01. The van der Waals surface area contributed by atoms with Crippen LogP contribution in [0.3, 0.4) is 0 Å². The molecule has 0 spiro atoms. The maximum atomic E-state index is 13.1. The highest BCUT2D eigenvalue weighted by molar-refractivity contribution is 5.33. The average molecular weight is 303 g/mol. The van der Waals surface area contributed by atoms with Gasteiger partial charge >= 0.3 is 12.4 Å². The van der Waals surface area contributed by atoms with Gasteiger partial charge in [-0.25, -0.2) is 4.39 Å². The van der Waals surface area contributed by atoms with E-state index in [-0.39, 0.29) is 5.56 Å². The Morgan fingerprint density at radius 2 is 1.50 bits per heavy atom. The van der Waals surface area contributed by atoms with Gasteiger partial charge < -0.3 is 5.73 Å². The molecule has 2 N–H and O–H groups in total. The molecule has 1 rings (SSSR count). The van der Waals surface area contributed by atoms with Gasteiger partial charge in [-0.1, -0.05) is 19.9 Å². The summed E-state index contributed by atoms with van der Waals surface area (Å²) in [4.78, 5) is 0. The van der Waals surface area contributed by atoms with E-state index in [0.717, 1.165) is 19.9 Å². The Morgan fingerprint density at radius 3 is 1.90 bits per heavy atom. The molecule has 1 atom stereocenters. The van der Waals surface area contributed by atoms with Gasteiger partial charge in [0.15, 0.2) is 0 Å². The largest absolute Gasteiger partial charge is 0.419 e. The Hall–Kier alpha value is -1.31. The number of hydrogen-bond donors (Lipinski definition) is 1. The molecule has 0 fully saturated rings. The van der Waals surface area contributed by atoms with Crippen molar-refractivity contribution in [1.82, 2.24) is 0 Å². The van der Waals surface area contributed by atoms with Gasteiger partial charge in [0.25, 0.3) is 0 Å². The fourth-order valence-electron chi connectivity index (χ4n) is 1.73. The third kappa shape index (κ3) is 3.23. The number of hydrogen-bond acceptors (Lipinski definition) is 1. The van der Waals surface area contributed by atoms with E-state index < -0.39 is 35.2 Å². The molecule has 0 aliphatic heterocycles. The summed E-state index contributed by atoms with van der Waals surface area (Å²) in [5.41, 5.74) is 1.28. The molecular formula is C12H12F7N. The van der Waals surface area contributed by atoms with Crippen molar-refractivity contribution in [3.05, 3.63) is 35.1 Å². The zero-order valence-corrected chi connectivity index (χ0v) is 10.5. The maximum Gasteiger partial charge on any atom is 0.419 e. The fourth-order valence-corrected chi connectivity index (χ4v) is 1.73. The van der Waals surface area contributed by atoms with Gasteiger partial charge in [0.2, 0.25) is 0 Å². The van der Waals surface area contributed by atoms with Crippen LogP contribution in [0.15, 0.2) is 18.2 Å². The van der Waals surface area contributed by atoms with Crippen molar-refractivity contribution in [3.8, 4) is 0 Å². The topological polar surface area (TPSA) is 26.0 Å². The smallest absolute Gasteiger partial charge is 0.319 e. The summed E-state index contributed by atoms with van der Waals surface area (Å²) < 4.78 is 88.7. The van der Waals surface area contributed by atoms with Crippen LogP contribution in [0, 0.1) is 5.82 Å². The first-order valence-electron chi connectivity index (χ1n) is 5.47. The second-order valence-corrected chi connectivity index (χ2v) is 4.93. The zero-order valence-electron chi connectivity index (χ0n) is 10.5. The number of benzene rings is 1. The van der Waals surface area contributed by atoms with E-state index in [4.69, 9.17) is 5.73 Å². The quantitative estimate of drug-likeness (QED) is 0.821.